The third-order valence-corrected chi connectivity index (χ3v) is 4.90. The van der Waals surface area contributed by atoms with Crippen LogP contribution >= 0.6 is 0 Å². The average Bonchev–Trinajstić information content (AvgIpc) is 3.14. The molecule has 0 radical (unpaired) electrons. The lowest BCUT2D eigenvalue weighted by molar-refractivity contribution is 0.0315. The molecule has 1 heterocycles. The number of fused-ring (bicyclic) bond motifs is 2. The Kier molecular flexibility index (Phi) is 4.36. The van der Waals surface area contributed by atoms with Gasteiger partial charge in [-0.05, 0) is 55.5 Å². The van der Waals surface area contributed by atoms with Crippen LogP contribution in [0.4, 0.5) is 0 Å². The molecule has 2 aromatic carbocycles. The lowest BCUT2D eigenvalue weighted by atomic mass is 10.0. The van der Waals surface area contributed by atoms with Crippen LogP contribution in [0.5, 0.6) is 0 Å². The van der Waals surface area contributed by atoms with Crippen LogP contribution in [0.15, 0.2) is 57.7 Å². The Balaban J connectivity index is 1.54. The van der Waals surface area contributed by atoms with Crippen molar-refractivity contribution in [2.45, 2.75) is 32.3 Å². The molecule has 1 aliphatic carbocycles. The fraction of sp³-hybridized carbons (Fsp3) is 0.227. The van der Waals surface area contributed by atoms with Crippen molar-refractivity contribution in [1.29, 1.82) is 0 Å². The van der Waals surface area contributed by atoms with Gasteiger partial charge < -0.3 is 9.15 Å². The number of rotatable bonds is 4. The molecule has 0 aliphatic heterocycles. The van der Waals surface area contributed by atoms with Gasteiger partial charge in [0.15, 0.2) is 6.10 Å². The van der Waals surface area contributed by atoms with Crippen molar-refractivity contribution >= 4 is 22.7 Å². The summed E-state index contributed by atoms with van der Waals surface area (Å²) in [4.78, 5) is 37.1. The molecule has 1 aromatic heterocycles. The van der Waals surface area contributed by atoms with Gasteiger partial charge in [-0.15, -0.1) is 0 Å². The van der Waals surface area contributed by atoms with Gasteiger partial charge in [0, 0.05) is 10.9 Å². The molecule has 0 fully saturated rings. The highest BCUT2D eigenvalue weighted by atomic mass is 16.5. The Morgan fingerprint density at radius 1 is 1.04 bits per heavy atom. The first kappa shape index (κ1) is 17.2. The van der Waals surface area contributed by atoms with E-state index in [-0.39, 0.29) is 11.3 Å². The number of carbonyl (C=O) groups is 2. The van der Waals surface area contributed by atoms with Gasteiger partial charge in [-0.25, -0.2) is 9.59 Å². The van der Waals surface area contributed by atoms with E-state index in [0.717, 1.165) is 19.3 Å². The van der Waals surface area contributed by atoms with Gasteiger partial charge in [0.25, 0.3) is 0 Å². The largest absolute Gasteiger partial charge is 0.450 e. The highest BCUT2D eigenvalue weighted by Gasteiger charge is 2.24. The number of aryl methyl sites for hydroxylation is 2. The molecule has 5 heteroatoms. The maximum absolute atomic E-state index is 12.6. The fourth-order valence-electron chi connectivity index (χ4n) is 3.44. The summed E-state index contributed by atoms with van der Waals surface area (Å²) in [6.07, 6.45) is 2.09. The average molecular weight is 362 g/mol. The zero-order chi connectivity index (χ0) is 19.0. The van der Waals surface area contributed by atoms with Gasteiger partial charge in [0.2, 0.25) is 5.78 Å². The van der Waals surface area contributed by atoms with Crippen molar-refractivity contribution in [3.63, 3.8) is 0 Å². The summed E-state index contributed by atoms with van der Waals surface area (Å²) in [5, 5.41) is 0.613. The second-order valence-electron chi connectivity index (χ2n) is 6.73. The van der Waals surface area contributed by atoms with E-state index >= 15 is 0 Å². The van der Waals surface area contributed by atoms with E-state index in [0.29, 0.717) is 16.5 Å². The highest BCUT2D eigenvalue weighted by Crippen LogP contribution is 2.23. The molecule has 0 bridgehead atoms. The van der Waals surface area contributed by atoms with E-state index in [1.165, 1.54) is 24.1 Å². The van der Waals surface area contributed by atoms with Crippen LogP contribution in [0.3, 0.4) is 0 Å². The maximum atomic E-state index is 12.6. The van der Waals surface area contributed by atoms with E-state index in [4.69, 9.17) is 9.15 Å². The second kappa shape index (κ2) is 6.83. The van der Waals surface area contributed by atoms with Crippen molar-refractivity contribution in [3.05, 3.63) is 81.2 Å². The first-order valence-electron chi connectivity index (χ1n) is 8.93. The molecule has 27 heavy (non-hydrogen) atoms. The molecule has 4 rings (SSSR count). The van der Waals surface area contributed by atoms with Gasteiger partial charge in [-0.2, -0.15) is 0 Å². The predicted molar refractivity (Wildman–Crippen MR) is 100 cm³/mol. The van der Waals surface area contributed by atoms with Crippen LogP contribution in [0, 0.1) is 0 Å². The van der Waals surface area contributed by atoms with Crippen molar-refractivity contribution in [2.75, 3.05) is 0 Å². The quantitative estimate of drug-likeness (QED) is 0.402. The molecule has 0 amide bonds. The molecular weight excluding hydrogens is 344 g/mol. The SMILES string of the molecule is C[C@@H](OC(=O)c1cc2ccccc2oc1=O)C(=O)c1ccc2c(c1)CCC2. The molecule has 3 aromatic rings. The molecule has 1 aliphatic rings. The van der Waals surface area contributed by atoms with E-state index in [9.17, 15) is 14.4 Å². The molecule has 1 atom stereocenters. The third kappa shape index (κ3) is 3.28. The summed E-state index contributed by atoms with van der Waals surface area (Å²) in [7, 11) is 0. The van der Waals surface area contributed by atoms with Crippen LogP contribution < -0.4 is 5.63 Å². The first-order chi connectivity index (χ1) is 13.0. The molecule has 0 saturated carbocycles. The Bertz CT molecular complexity index is 1110. The minimum absolute atomic E-state index is 0.220. The Hall–Kier alpha value is -3.21. The summed E-state index contributed by atoms with van der Waals surface area (Å²) < 4.78 is 10.4. The van der Waals surface area contributed by atoms with Crippen LogP contribution in [0.25, 0.3) is 11.0 Å². The summed E-state index contributed by atoms with van der Waals surface area (Å²) in [6.45, 7) is 1.51. The molecule has 0 N–H and O–H groups in total. The van der Waals surface area contributed by atoms with Crippen LogP contribution in [-0.2, 0) is 17.6 Å². The lowest BCUT2D eigenvalue weighted by Gasteiger charge is -2.13. The smallest absolute Gasteiger partial charge is 0.351 e. The fourth-order valence-corrected chi connectivity index (χ4v) is 3.44. The van der Waals surface area contributed by atoms with Gasteiger partial charge in [0.1, 0.15) is 11.1 Å². The minimum atomic E-state index is -0.997. The number of hydrogen-bond acceptors (Lipinski definition) is 5. The van der Waals surface area contributed by atoms with E-state index < -0.39 is 17.7 Å². The highest BCUT2D eigenvalue weighted by molar-refractivity contribution is 6.02. The number of ketones is 1. The van der Waals surface area contributed by atoms with Gasteiger partial charge in [-0.3, -0.25) is 4.79 Å². The zero-order valence-electron chi connectivity index (χ0n) is 14.9. The van der Waals surface area contributed by atoms with Crippen molar-refractivity contribution in [3.8, 4) is 0 Å². The van der Waals surface area contributed by atoms with Crippen molar-refractivity contribution in [2.24, 2.45) is 0 Å². The molecule has 5 nitrogen and oxygen atoms in total. The summed E-state index contributed by atoms with van der Waals surface area (Å²) in [5.74, 6) is -1.15. The third-order valence-electron chi connectivity index (χ3n) is 4.90. The molecule has 0 unspecified atom stereocenters. The summed E-state index contributed by atoms with van der Waals surface area (Å²) >= 11 is 0. The lowest BCUT2D eigenvalue weighted by Crippen LogP contribution is -2.27. The molecule has 0 saturated heterocycles. The summed E-state index contributed by atoms with van der Waals surface area (Å²) in [6, 6.07) is 13.9. The molecule has 0 spiro atoms. The number of esters is 1. The van der Waals surface area contributed by atoms with Gasteiger partial charge in [0.05, 0.1) is 0 Å². The second-order valence-corrected chi connectivity index (χ2v) is 6.73. The van der Waals surface area contributed by atoms with Gasteiger partial charge in [-0.1, -0.05) is 30.3 Å². The van der Waals surface area contributed by atoms with E-state index in [1.54, 1.807) is 30.3 Å². The van der Waals surface area contributed by atoms with E-state index in [1.807, 2.05) is 12.1 Å². The number of para-hydroxylation sites is 1. The van der Waals surface area contributed by atoms with E-state index in [2.05, 4.69) is 0 Å². The minimum Gasteiger partial charge on any atom is -0.450 e. The first-order valence-corrected chi connectivity index (χ1v) is 8.93. The summed E-state index contributed by atoms with van der Waals surface area (Å²) in [5.41, 5.74) is 2.35. The maximum Gasteiger partial charge on any atom is 0.351 e. The standard InChI is InChI=1S/C22H18O5/c1-13(20(23)17-10-9-14-6-4-7-15(14)11-17)26-21(24)18-12-16-5-2-3-8-19(16)27-22(18)25/h2-3,5,8-13H,4,6-7H2,1H3/t13-/m1/s1. The predicted octanol–water partition coefficient (Wildman–Crippen LogP) is 3.71. The normalized spacial score (nSPS) is 14.0. The topological polar surface area (TPSA) is 73.6 Å². The molecule has 136 valence electrons. The molecular formula is C22H18O5. The van der Waals surface area contributed by atoms with Crippen molar-refractivity contribution < 1.29 is 18.7 Å². The van der Waals surface area contributed by atoms with Crippen LogP contribution in [0.1, 0.15) is 45.2 Å². The zero-order valence-corrected chi connectivity index (χ0v) is 14.9. The number of Topliss-reactive ketones (excluding diaryl/α,β-unsaturated/α-hetero) is 1. The van der Waals surface area contributed by atoms with Crippen molar-refractivity contribution in [1.82, 2.24) is 0 Å². The van der Waals surface area contributed by atoms with Crippen LogP contribution in [0.2, 0.25) is 0 Å². The Morgan fingerprint density at radius 2 is 1.81 bits per heavy atom. The van der Waals surface area contributed by atoms with Gasteiger partial charge >= 0.3 is 11.6 Å². The number of benzene rings is 2. The number of ether oxygens (including phenoxy) is 1. The Morgan fingerprint density at radius 3 is 2.67 bits per heavy atom. The monoisotopic (exact) mass is 362 g/mol. The number of hydrogen-bond donors (Lipinski definition) is 0. The number of carbonyl (C=O) groups excluding carboxylic acids is 2. The van der Waals surface area contributed by atoms with Crippen LogP contribution in [-0.4, -0.2) is 17.9 Å². The Labute approximate surface area is 155 Å².